The summed E-state index contributed by atoms with van der Waals surface area (Å²) in [7, 11) is 0. The van der Waals surface area contributed by atoms with Crippen molar-refractivity contribution in [3.05, 3.63) is 0 Å². The molecule has 4 saturated carbocycles. The minimum Gasteiger partial charge on any atom is -0.100 e. The van der Waals surface area contributed by atoms with E-state index in [9.17, 15) is 0 Å². The van der Waals surface area contributed by atoms with Crippen molar-refractivity contribution in [1.82, 2.24) is 0 Å². The third kappa shape index (κ3) is 3.70. The molecule has 0 aromatic heterocycles. The predicted molar refractivity (Wildman–Crippen MR) is 123 cm³/mol. The molecule has 0 heterocycles. The van der Waals surface area contributed by atoms with Gasteiger partial charge < -0.3 is 0 Å². The summed E-state index contributed by atoms with van der Waals surface area (Å²) in [5.41, 5.74) is 0.519. The smallest absolute Gasteiger partial charge is 0.100 e. The van der Waals surface area contributed by atoms with E-state index < -0.39 is 4.33 Å². The van der Waals surface area contributed by atoms with Gasteiger partial charge in [-0.3, -0.25) is 0 Å². The lowest BCUT2D eigenvalue weighted by Crippen LogP contribution is -2.69. The molecular weight excluding hydrogens is 383 g/mol. The molecule has 4 aliphatic rings. The van der Waals surface area contributed by atoms with Crippen LogP contribution >= 0.6 is 23.2 Å². The van der Waals surface area contributed by atoms with Gasteiger partial charge in [0, 0.05) is 10.8 Å². The van der Waals surface area contributed by atoms with Gasteiger partial charge in [0.25, 0.3) is 0 Å². The van der Waals surface area contributed by atoms with Crippen LogP contribution in [0.1, 0.15) is 129 Å². The van der Waals surface area contributed by atoms with Crippen molar-refractivity contribution in [3.63, 3.8) is 0 Å². The van der Waals surface area contributed by atoms with E-state index in [-0.39, 0.29) is 10.8 Å². The molecule has 0 nitrogen and oxygen atoms in total. The van der Waals surface area contributed by atoms with E-state index in [4.69, 9.17) is 23.2 Å². The molecule has 2 spiro atoms. The Morgan fingerprint density at radius 1 is 0.750 bits per heavy atom. The molecule has 0 saturated heterocycles. The maximum absolute atomic E-state index is 7.38. The van der Waals surface area contributed by atoms with Gasteiger partial charge in [-0.1, -0.05) is 84.0 Å². The first-order valence-corrected chi connectivity index (χ1v) is 13.7. The highest BCUT2D eigenvalue weighted by Crippen LogP contribution is 2.78. The number of rotatable bonds is 6. The molecule has 2 atom stereocenters. The van der Waals surface area contributed by atoms with Gasteiger partial charge in [-0.15, -0.1) is 23.2 Å². The zero-order valence-electron chi connectivity index (χ0n) is 18.4. The van der Waals surface area contributed by atoms with E-state index in [1.165, 1.54) is 122 Å². The fraction of sp³-hybridized carbons (Fsp3) is 1.00. The van der Waals surface area contributed by atoms with Crippen molar-refractivity contribution in [2.45, 2.75) is 133 Å². The monoisotopic (exact) mass is 426 g/mol. The third-order valence-corrected chi connectivity index (χ3v) is 11.3. The van der Waals surface area contributed by atoms with Crippen molar-refractivity contribution in [1.29, 1.82) is 0 Å². The molecule has 0 aromatic rings. The average molecular weight is 428 g/mol. The molecule has 4 fully saturated rings. The Morgan fingerprint density at radius 2 is 1.46 bits per heavy atom. The van der Waals surface area contributed by atoms with Crippen LogP contribution in [0, 0.1) is 28.6 Å². The first kappa shape index (κ1) is 21.8. The standard InChI is InChI=1S/C26H44Cl2/c1-2-3-4-6-11-21-13-15-22(16-14-21)23-12-7-10-19-25(23)20-24(26(25,27)28)17-8-5-9-18-24/h21-23H,2-20H2,1H3/t21?,22?,23?,25-/m0/s1. The van der Waals surface area contributed by atoms with Gasteiger partial charge in [-0.2, -0.15) is 0 Å². The second-order valence-electron chi connectivity index (χ2n) is 11.2. The Bertz CT molecular complexity index is 499. The van der Waals surface area contributed by atoms with Gasteiger partial charge >= 0.3 is 0 Å². The van der Waals surface area contributed by atoms with Crippen molar-refractivity contribution in [2.75, 3.05) is 0 Å². The molecule has 162 valence electrons. The van der Waals surface area contributed by atoms with E-state index in [2.05, 4.69) is 6.92 Å². The molecule has 0 aromatic carbocycles. The first-order valence-electron chi connectivity index (χ1n) is 12.9. The fourth-order valence-corrected chi connectivity index (χ4v) is 9.38. The van der Waals surface area contributed by atoms with Crippen LogP contribution in [-0.4, -0.2) is 4.33 Å². The third-order valence-electron chi connectivity index (χ3n) is 9.78. The van der Waals surface area contributed by atoms with Crippen LogP contribution in [0.15, 0.2) is 0 Å². The van der Waals surface area contributed by atoms with E-state index in [0.29, 0.717) is 0 Å². The molecular formula is C26H44Cl2. The van der Waals surface area contributed by atoms with Gasteiger partial charge in [0.15, 0.2) is 0 Å². The van der Waals surface area contributed by atoms with Crippen molar-refractivity contribution >= 4 is 23.2 Å². The van der Waals surface area contributed by atoms with Crippen LogP contribution in [0.25, 0.3) is 0 Å². The van der Waals surface area contributed by atoms with Crippen LogP contribution in [0.3, 0.4) is 0 Å². The van der Waals surface area contributed by atoms with E-state index in [1.807, 2.05) is 0 Å². The molecule has 0 N–H and O–H groups in total. The van der Waals surface area contributed by atoms with E-state index in [1.54, 1.807) is 0 Å². The van der Waals surface area contributed by atoms with Crippen LogP contribution in [0.5, 0.6) is 0 Å². The summed E-state index contributed by atoms with van der Waals surface area (Å²) in [4.78, 5) is 0. The molecule has 1 unspecified atom stereocenters. The number of alkyl halides is 2. The second-order valence-corrected chi connectivity index (χ2v) is 12.6. The summed E-state index contributed by atoms with van der Waals surface area (Å²) in [5.74, 6) is 2.73. The summed E-state index contributed by atoms with van der Waals surface area (Å²) < 4.78 is -0.442. The fourth-order valence-electron chi connectivity index (χ4n) is 8.27. The molecule has 0 bridgehead atoms. The maximum atomic E-state index is 7.38. The number of unbranched alkanes of at least 4 members (excludes halogenated alkanes) is 3. The molecule has 0 radical (unpaired) electrons. The Balaban J connectivity index is 1.38. The highest BCUT2D eigenvalue weighted by atomic mass is 35.5. The number of halogens is 2. The highest BCUT2D eigenvalue weighted by molar-refractivity contribution is 6.50. The molecule has 0 amide bonds. The second kappa shape index (κ2) is 8.98. The summed E-state index contributed by atoms with van der Waals surface area (Å²) in [6.45, 7) is 2.32. The van der Waals surface area contributed by atoms with Crippen LogP contribution in [0.2, 0.25) is 0 Å². The van der Waals surface area contributed by atoms with Gasteiger partial charge in [0.05, 0.1) is 0 Å². The normalized spacial score (nSPS) is 39.8. The van der Waals surface area contributed by atoms with Crippen molar-refractivity contribution in [3.8, 4) is 0 Å². The lowest BCUT2D eigenvalue weighted by Gasteiger charge is -2.71. The van der Waals surface area contributed by atoms with Crippen LogP contribution in [0.4, 0.5) is 0 Å². The SMILES string of the molecule is CCCCCCC1CCC(C2CCCC[C@]23CC2(CCCCC2)C3(Cl)Cl)CC1. The Morgan fingerprint density at radius 3 is 2.14 bits per heavy atom. The minimum absolute atomic E-state index is 0.254. The topological polar surface area (TPSA) is 0 Å². The minimum atomic E-state index is -0.442. The molecule has 0 aliphatic heterocycles. The Labute approximate surface area is 184 Å². The summed E-state index contributed by atoms with van der Waals surface area (Å²) in [5, 5.41) is 0. The van der Waals surface area contributed by atoms with Gasteiger partial charge in [-0.25, -0.2) is 0 Å². The Kier molecular flexibility index (Phi) is 6.99. The molecule has 2 heteroatoms. The maximum Gasteiger partial charge on any atom is 0.129 e. The first-order chi connectivity index (χ1) is 13.5. The number of hydrogen-bond acceptors (Lipinski definition) is 0. The quantitative estimate of drug-likeness (QED) is 0.292. The predicted octanol–water partition coefficient (Wildman–Crippen LogP) is 9.47. The van der Waals surface area contributed by atoms with Crippen molar-refractivity contribution in [2.24, 2.45) is 28.6 Å². The van der Waals surface area contributed by atoms with Gasteiger partial charge in [0.1, 0.15) is 4.33 Å². The van der Waals surface area contributed by atoms with E-state index >= 15 is 0 Å². The summed E-state index contributed by atoms with van der Waals surface area (Å²) in [6.07, 6.45) is 26.6. The van der Waals surface area contributed by atoms with Crippen LogP contribution in [-0.2, 0) is 0 Å². The summed E-state index contributed by atoms with van der Waals surface area (Å²) >= 11 is 14.8. The van der Waals surface area contributed by atoms with Gasteiger partial charge in [-0.05, 0) is 62.7 Å². The number of hydrogen-bond donors (Lipinski definition) is 0. The molecule has 4 aliphatic carbocycles. The lowest BCUT2D eigenvalue weighted by molar-refractivity contribution is -0.154. The highest BCUT2D eigenvalue weighted by Gasteiger charge is 2.74. The Hall–Kier alpha value is 0.580. The van der Waals surface area contributed by atoms with E-state index in [0.717, 1.165) is 17.8 Å². The zero-order chi connectivity index (χ0) is 19.7. The lowest BCUT2D eigenvalue weighted by atomic mass is 9.39. The summed E-state index contributed by atoms with van der Waals surface area (Å²) in [6, 6.07) is 0. The zero-order valence-corrected chi connectivity index (χ0v) is 19.9. The molecule has 28 heavy (non-hydrogen) atoms. The van der Waals surface area contributed by atoms with Crippen molar-refractivity contribution < 1.29 is 0 Å². The largest absolute Gasteiger partial charge is 0.129 e. The van der Waals surface area contributed by atoms with Crippen LogP contribution < -0.4 is 0 Å². The molecule has 4 rings (SSSR count). The average Bonchev–Trinajstić information content (AvgIpc) is 2.73. The van der Waals surface area contributed by atoms with Gasteiger partial charge in [0.2, 0.25) is 0 Å².